The first-order valence-corrected chi connectivity index (χ1v) is 6.61. The molecule has 0 saturated carbocycles. The molecule has 0 fully saturated rings. The number of hydrogen-bond acceptors (Lipinski definition) is 4. The fourth-order valence-corrected chi connectivity index (χ4v) is 1.92. The summed E-state index contributed by atoms with van der Waals surface area (Å²) in [5.41, 5.74) is -2.20. The zero-order chi connectivity index (χ0) is 17.0. The smallest absolute Gasteiger partial charge is 0.418 e. The molecule has 0 aliphatic carbocycles. The second kappa shape index (κ2) is 6.65. The Morgan fingerprint density at radius 3 is 2.65 bits per heavy atom. The molecule has 1 aromatic heterocycles. The molecule has 122 valence electrons. The standard InChI is InChI=1S/C13H10F3N3O3S/c14-13(15,16)10-6-8(19(20)21)3-4-11(10)18-12(23)17-7-9-2-1-5-22-9/h1-6H,7H2,(H2,17,18,23). The molecule has 0 radical (unpaired) electrons. The molecule has 2 aromatic rings. The van der Waals surface area contributed by atoms with Crippen LogP contribution in [0.2, 0.25) is 0 Å². The third-order valence-electron chi connectivity index (χ3n) is 2.77. The minimum Gasteiger partial charge on any atom is -0.467 e. The molecular formula is C13H10F3N3O3S. The van der Waals surface area contributed by atoms with Gasteiger partial charge in [-0.1, -0.05) is 0 Å². The van der Waals surface area contributed by atoms with Gasteiger partial charge in [-0.2, -0.15) is 13.2 Å². The van der Waals surface area contributed by atoms with Crippen LogP contribution in [0.15, 0.2) is 41.0 Å². The lowest BCUT2D eigenvalue weighted by atomic mass is 10.1. The van der Waals surface area contributed by atoms with Crippen LogP contribution in [-0.2, 0) is 12.7 Å². The zero-order valence-electron chi connectivity index (χ0n) is 11.4. The highest BCUT2D eigenvalue weighted by Crippen LogP contribution is 2.37. The van der Waals surface area contributed by atoms with E-state index >= 15 is 0 Å². The second-order valence-corrected chi connectivity index (χ2v) is 4.78. The van der Waals surface area contributed by atoms with Crippen LogP contribution >= 0.6 is 12.2 Å². The molecule has 2 N–H and O–H groups in total. The van der Waals surface area contributed by atoms with Crippen molar-refractivity contribution in [3.8, 4) is 0 Å². The highest BCUT2D eigenvalue weighted by molar-refractivity contribution is 7.80. The average Bonchev–Trinajstić information content (AvgIpc) is 2.97. The van der Waals surface area contributed by atoms with Crippen molar-refractivity contribution in [3.05, 3.63) is 58.0 Å². The molecule has 10 heteroatoms. The molecule has 23 heavy (non-hydrogen) atoms. The number of non-ortho nitro benzene ring substituents is 1. The van der Waals surface area contributed by atoms with Crippen LogP contribution in [0, 0.1) is 10.1 Å². The Balaban J connectivity index is 2.14. The summed E-state index contributed by atoms with van der Waals surface area (Å²) in [5, 5.41) is 15.6. The van der Waals surface area contributed by atoms with E-state index in [1.54, 1.807) is 12.1 Å². The first kappa shape index (κ1) is 16.7. The van der Waals surface area contributed by atoms with Crippen LogP contribution in [0.1, 0.15) is 11.3 Å². The monoisotopic (exact) mass is 345 g/mol. The molecule has 0 bridgehead atoms. The van der Waals surface area contributed by atoms with E-state index in [4.69, 9.17) is 16.6 Å². The van der Waals surface area contributed by atoms with Gasteiger partial charge in [0.25, 0.3) is 5.69 Å². The number of nitrogens with one attached hydrogen (secondary N) is 2. The van der Waals surface area contributed by atoms with E-state index in [9.17, 15) is 23.3 Å². The number of hydrogen-bond donors (Lipinski definition) is 2. The predicted molar refractivity (Wildman–Crippen MR) is 79.9 cm³/mol. The largest absolute Gasteiger partial charge is 0.467 e. The lowest BCUT2D eigenvalue weighted by molar-refractivity contribution is -0.385. The number of halogens is 3. The average molecular weight is 345 g/mol. The number of nitrogens with zero attached hydrogens (tertiary/aromatic N) is 1. The van der Waals surface area contributed by atoms with Gasteiger partial charge in [0.1, 0.15) is 5.76 Å². The lowest BCUT2D eigenvalue weighted by Gasteiger charge is -2.15. The van der Waals surface area contributed by atoms with Gasteiger partial charge in [0, 0.05) is 12.1 Å². The second-order valence-electron chi connectivity index (χ2n) is 4.37. The Bertz CT molecular complexity index is 717. The number of nitro groups is 1. The molecule has 2 rings (SSSR count). The fraction of sp³-hybridized carbons (Fsp3) is 0.154. The molecule has 0 unspecified atom stereocenters. The SMILES string of the molecule is O=[N+]([O-])c1ccc(NC(=S)NCc2ccco2)c(C(F)(F)F)c1. The molecule has 0 aliphatic heterocycles. The minimum absolute atomic E-state index is 0.0687. The van der Waals surface area contributed by atoms with Crippen LogP contribution in [0.25, 0.3) is 0 Å². The Morgan fingerprint density at radius 2 is 2.09 bits per heavy atom. The number of rotatable bonds is 4. The van der Waals surface area contributed by atoms with Crippen molar-refractivity contribution in [2.75, 3.05) is 5.32 Å². The fourth-order valence-electron chi connectivity index (χ4n) is 1.74. The molecule has 1 aromatic carbocycles. The highest BCUT2D eigenvalue weighted by atomic mass is 32.1. The van der Waals surface area contributed by atoms with E-state index in [-0.39, 0.29) is 17.3 Å². The maximum Gasteiger partial charge on any atom is 0.418 e. The maximum absolute atomic E-state index is 13.0. The number of alkyl halides is 3. The molecule has 0 amide bonds. The lowest BCUT2D eigenvalue weighted by Crippen LogP contribution is -2.28. The summed E-state index contributed by atoms with van der Waals surface area (Å²) in [6.07, 6.45) is -3.31. The van der Waals surface area contributed by atoms with Gasteiger partial charge >= 0.3 is 6.18 Å². The van der Waals surface area contributed by atoms with Gasteiger partial charge < -0.3 is 15.1 Å². The number of anilines is 1. The Morgan fingerprint density at radius 1 is 1.35 bits per heavy atom. The molecule has 0 aliphatic rings. The van der Waals surface area contributed by atoms with Crippen molar-refractivity contribution in [2.45, 2.75) is 12.7 Å². The van der Waals surface area contributed by atoms with Gasteiger partial charge in [-0.05, 0) is 30.4 Å². The Labute approximate surface area is 133 Å². The van der Waals surface area contributed by atoms with E-state index < -0.39 is 22.4 Å². The number of benzene rings is 1. The van der Waals surface area contributed by atoms with Crippen molar-refractivity contribution in [1.82, 2.24) is 5.32 Å². The minimum atomic E-state index is -4.76. The summed E-state index contributed by atoms with van der Waals surface area (Å²) in [5.74, 6) is 0.550. The van der Waals surface area contributed by atoms with Gasteiger partial charge in [0.05, 0.1) is 29.0 Å². The van der Waals surface area contributed by atoms with E-state index in [0.29, 0.717) is 11.8 Å². The quantitative estimate of drug-likeness (QED) is 0.500. The topological polar surface area (TPSA) is 80.3 Å². The van der Waals surface area contributed by atoms with Crippen LogP contribution < -0.4 is 10.6 Å². The predicted octanol–water partition coefficient (Wildman–Crippen LogP) is 3.69. The maximum atomic E-state index is 13.0. The van der Waals surface area contributed by atoms with Gasteiger partial charge in [-0.3, -0.25) is 10.1 Å². The molecule has 0 saturated heterocycles. The van der Waals surface area contributed by atoms with Crippen molar-refractivity contribution in [2.24, 2.45) is 0 Å². The molecule has 0 spiro atoms. The third-order valence-corrected chi connectivity index (χ3v) is 3.02. The van der Waals surface area contributed by atoms with E-state index in [1.807, 2.05) is 0 Å². The van der Waals surface area contributed by atoms with Gasteiger partial charge in [-0.15, -0.1) is 0 Å². The number of nitro benzene ring substituents is 1. The summed E-state index contributed by atoms with van der Waals surface area (Å²) in [4.78, 5) is 9.72. The molecule has 0 atom stereocenters. The van der Waals surface area contributed by atoms with Crippen molar-refractivity contribution >= 4 is 28.7 Å². The summed E-state index contributed by atoms with van der Waals surface area (Å²) in [6, 6.07) is 5.71. The van der Waals surface area contributed by atoms with Crippen molar-refractivity contribution in [3.63, 3.8) is 0 Å². The van der Waals surface area contributed by atoms with E-state index in [1.165, 1.54) is 6.26 Å². The number of thiocarbonyl (C=S) groups is 1. The molecule has 6 nitrogen and oxygen atoms in total. The number of furan rings is 1. The summed E-state index contributed by atoms with van der Waals surface area (Å²) in [6.45, 7) is 0.188. The zero-order valence-corrected chi connectivity index (χ0v) is 12.2. The summed E-state index contributed by atoms with van der Waals surface area (Å²) in [7, 11) is 0. The van der Waals surface area contributed by atoms with Crippen LogP contribution in [0.3, 0.4) is 0 Å². The van der Waals surface area contributed by atoms with Gasteiger partial charge in [-0.25, -0.2) is 0 Å². The first-order valence-electron chi connectivity index (χ1n) is 6.20. The summed E-state index contributed by atoms with van der Waals surface area (Å²) < 4.78 is 44.1. The molecular weight excluding hydrogens is 335 g/mol. The Kier molecular flexibility index (Phi) is 4.84. The van der Waals surface area contributed by atoms with Crippen LogP contribution in [0.4, 0.5) is 24.5 Å². The van der Waals surface area contributed by atoms with E-state index in [2.05, 4.69) is 10.6 Å². The van der Waals surface area contributed by atoms with Crippen molar-refractivity contribution < 1.29 is 22.5 Å². The van der Waals surface area contributed by atoms with Crippen molar-refractivity contribution in [1.29, 1.82) is 0 Å². The Hall–Kier alpha value is -2.62. The van der Waals surface area contributed by atoms with Gasteiger partial charge in [0.15, 0.2) is 5.11 Å². The van der Waals surface area contributed by atoms with Crippen LogP contribution in [0.5, 0.6) is 0 Å². The first-order chi connectivity index (χ1) is 10.8. The van der Waals surface area contributed by atoms with Crippen LogP contribution in [-0.4, -0.2) is 10.0 Å². The van der Waals surface area contributed by atoms with E-state index in [0.717, 1.165) is 12.1 Å². The highest BCUT2D eigenvalue weighted by Gasteiger charge is 2.35. The third kappa shape index (κ3) is 4.42. The normalized spacial score (nSPS) is 11.1. The molecule has 1 heterocycles. The van der Waals surface area contributed by atoms with Gasteiger partial charge in [0.2, 0.25) is 0 Å². The summed E-state index contributed by atoms with van der Waals surface area (Å²) >= 11 is 4.91.